The lowest BCUT2D eigenvalue weighted by atomic mass is 9.86. The van der Waals surface area contributed by atoms with Gasteiger partial charge in [-0.05, 0) is 74.8 Å². The molecule has 4 rings (SSSR count). The van der Waals surface area contributed by atoms with Crippen LogP contribution in [-0.4, -0.2) is 38.2 Å². The van der Waals surface area contributed by atoms with Crippen molar-refractivity contribution in [3.63, 3.8) is 0 Å². The second-order valence-corrected chi connectivity index (χ2v) is 10.7. The van der Waals surface area contributed by atoms with E-state index < -0.39 is 41.3 Å². The van der Waals surface area contributed by atoms with E-state index in [2.05, 4.69) is 5.10 Å². The highest BCUT2D eigenvalue weighted by Crippen LogP contribution is 2.39. The topological polar surface area (TPSA) is 75.4 Å². The third kappa shape index (κ3) is 6.82. The number of carboxylic acids is 1. The summed E-state index contributed by atoms with van der Waals surface area (Å²) in [7, 11) is 0. The summed E-state index contributed by atoms with van der Waals surface area (Å²) < 4.78 is 44.1. The maximum absolute atomic E-state index is 14.4. The van der Waals surface area contributed by atoms with Gasteiger partial charge in [-0.1, -0.05) is 47.5 Å². The molecule has 0 saturated heterocycles. The summed E-state index contributed by atoms with van der Waals surface area (Å²) in [6, 6.07) is 12.2. The molecule has 2 aromatic carbocycles. The number of amides is 1. The summed E-state index contributed by atoms with van der Waals surface area (Å²) in [5.74, 6) is -2.28. The Morgan fingerprint density at radius 3 is 2.33 bits per heavy atom. The van der Waals surface area contributed by atoms with Gasteiger partial charge in [0.05, 0.1) is 23.7 Å². The first-order valence-corrected chi connectivity index (χ1v) is 13.3. The fourth-order valence-corrected chi connectivity index (χ4v) is 5.39. The maximum atomic E-state index is 14.4. The van der Waals surface area contributed by atoms with Crippen molar-refractivity contribution in [2.75, 3.05) is 6.54 Å². The number of rotatable bonds is 8. The molecule has 1 amide bonds. The predicted molar refractivity (Wildman–Crippen MR) is 142 cm³/mol. The van der Waals surface area contributed by atoms with E-state index in [9.17, 15) is 27.9 Å². The van der Waals surface area contributed by atoms with Crippen LogP contribution in [0.4, 0.5) is 13.2 Å². The number of benzene rings is 2. The Balaban J connectivity index is 1.64. The van der Waals surface area contributed by atoms with Gasteiger partial charge in [-0.25, -0.2) is 0 Å². The molecule has 208 valence electrons. The molecule has 1 heterocycles. The lowest BCUT2D eigenvalue weighted by molar-refractivity contribution is -0.147. The minimum Gasteiger partial charge on any atom is -0.481 e. The molecule has 1 aliphatic carbocycles. The van der Waals surface area contributed by atoms with Crippen molar-refractivity contribution in [2.24, 2.45) is 5.92 Å². The first-order chi connectivity index (χ1) is 18.4. The molecular formula is C29H31ClF3N3O3. The summed E-state index contributed by atoms with van der Waals surface area (Å²) in [5.41, 5.74) is 2.31. The van der Waals surface area contributed by atoms with Crippen LogP contribution in [0.15, 0.2) is 48.7 Å². The summed E-state index contributed by atoms with van der Waals surface area (Å²) in [6.07, 6.45) is -2.32. The number of aryl methyl sites for hydroxylation is 2. The number of nitrogens with zero attached hydrogens (tertiary/aromatic N) is 3. The second kappa shape index (κ2) is 11.8. The van der Waals surface area contributed by atoms with Gasteiger partial charge >= 0.3 is 12.1 Å². The van der Waals surface area contributed by atoms with Crippen LogP contribution in [0.1, 0.15) is 70.0 Å². The van der Waals surface area contributed by atoms with E-state index in [4.69, 9.17) is 11.6 Å². The Labute approximate surface area is 230 Å². The molecule has 10 heteroatoms. The van der Waals surface area contributed by atoms with Crippen LogP contribution in [0.3, 0.4) is 0 Å². The minimum absolute atomic E-state index is 0.104. The minimum atomic E-state index is -4.81. The second-order valence-electron chi connectivity index (χ2n) is 10.2. The molecule has 0 aliphatic heterocycles. The SMILES string of the molecule is Cc1ccc(CCN(Cc2ccc(Cl)cc2)C(=O)c2cnn(C3CCC(C(=O)O)CC3)c2C(F)(F)F)c(C)c1. The van der Waals surface area contributed by atoms with Gasteiger partial charge in [-0.3, -0.25) is 14.3 Å². The molecule has 1 fully saturated rings. The quantitative estimate of drug-likeness (QED) is 0.325. The Kier molecular flexibility index (Phi) is 8.69. The Morgan fingerprint density at radius 2 is 1.74 bits per heavy atom. The standard InChI is InChI=1S/C29H31ClF3N3O3/c1-18-3-6-21(19(2)15-18)13-14-35(17-20-4-9-23(30)10-5-20)27(37)25-16-34-36(26(25)29(31,32)33)24-11-7-22(8-12-24)28(38)39/h3-6,9-10,15-16,22,24H,7-8,11-14,17H2,1-2H3,(H,38,39). The third-order valence-corrected chi connectivity index (χ3v) is 7.66. The molecule has 0 spiro atoms. The predicted octanol–water partition coefficient (Wildman–Crippen LogP) is 6.87. The number of halogens is 4. The van der Waals surface area contributed by atoms with Crippen LogP contribution in [0.2, 0.25) is 5.02 Å². The summed E-state index contributed by atoms with van der Waals surface area (Å²) in [6.45, 7) is 4.26. The number of carbonyl (C=O) groups excluding carboxylic acids is 1. The van der Waals surface area contributed by atoms with Crippen LogP contribution in [0.25, 0.3) is 0 Å². The van der Waals surface area contributed by atoms with Crippen molar-refractivity contribution in [1.82, 2.24) is 14.7 Å². The average molecular weight is 562 g/mol. The van der Waals surface area contributed by atoms with E-state index in [0.717, 1.165) is 33.1 Å². The number of alkyl halides is 3. The maximum Gasteiger partial charge on any atom is 0.433 e. The fourth-order valence-electron chi connectivity index (χ4n) is 5.26. The first kappa shape index (κ1) is 28.7. The molecule has 0 radical (unpaired) electrons. The zero-order valence-electron chi connectivity index (χ0n) is 21.8. The van der Waals surface area contributed by atoms with E-state index in [1.807, 2.05) is 32.0 Å². The van der Waals surface area contributed by atoms with E-state index in [1.54, 1.807) is 24.3 Å². The Morgan fingerprint density at radius 1 is 1.08 bits per heavy atom. The van der Waals surface area contributed by atoms with Crippen molar-refractivity contribution in [2.45, 2.75) is 64.7 Å². The van der Waals surface area contributed by atoms with Crippen molar-refractivity contribution < 1.29 is 27.9 Å². The van der Waals surface area contributed by atoms with Gasteiger partial charge in [0.15, 0.2) is 5.69 Å². The third-order valence-electron chi connectivity index (χ3n) is 7.41. The molecule has 39 heavy (non-hydrogen) atoms. The van der Waals surface area contributed by atoms with Crippen LogP contribution >= 0.6 is 11.6 Å². The highest BCUT2D eigenvalue weighted by Gasteiger charge is 2.43. The molecule has 1 aromatic heterocycles. The summed E-state index contributed by atoms with van der Waals surface area (Å²) in [5, 5.41) is 13.8. The summed E-state index contributed by atoms with van der Waals surface area (Å²) >= 11 is 6.00. The molecule has 3 aromatic rings. The van der Waals surface area contributed by atoms with Crippen LogP contribution in [-0.2, 0) is 23.9 Å². The number of carbonyl (C=O) groups is 2. The number of hydrogen-bond donors (Lipinski definition) is 1. The van der Waals surface area contributed by atoms with Gasteiger partial charge in [0, 0.05) is 18.1 Å². The lowest BCUT2D eigenvalue weighted by Gasteiger charge is -2.28. The Hall–Kier alpha value is -3.33. The molecular weight excluding hydrogens is 531 g/mol. The van der Waals surface area contributed by atoms with Crippen LogP contribution in [0.5, 0.6) is 0 Å². The normalized spacial score (nSPS) is 17.7. The molecule has 1 aliphatic rings. The van der Waals surface area contributed by atoms with Crippen LogP contribution < -0.4 is 0 Å². The Bertz CT molecular complexity index is 1330. The van der Waals surface area contributed by atoms with Gasteiger partial charge in [0.1, 0.15) is 0 Å². The highest BCUT2D eigenvalue weighted by atomic mass is 35.5. The summed E-state index contributed by atoms with van der Waals surface area (Å²) in [4.78, 5) is 26.5. The molecule has 0 atom stereocenters. The number of aromatic nitrogens is 2. The zero-order chi connectivity index (χ0) is 28.3. The largest absolute Gasteiger partial charge is 0.481 e. The molecule has 6 nitrogen and oxygen atoms in total. The number of aliphatic carboxylic acids is 1. The van der Waals surface area contributed by atoms with Crippen molar-refractivity contribution in [3.8, 4) is 0 Å². The van der Waals surface area contributed by atoms with Crippen LogP contribution in [0, 0.1) is 19.8 Å². The molecule has 0 bridgehead atoms. The van der Waals surface area contributed by atoms with Gasteiger partial charge < -0.3 is 10.0 Å². The lowest BCUT2D eigenvalue weighted by Crippen LogP contribution is -2.34. The molecule has 1 N–H and O–H groups in total. The van der Waals surface area contributed by atoms with Crippen molar-refractivity contribution >= 4 is 23.5 Å². The van der Waals surface area contributed by atoms with E-state index in [-0.39, 0.29) is 38.8 Å². The van der Waals surface area contributed by atoms with Crippen molar-refractivity contribution in [3.05, 3.63) is 87.2 Å². The van der Waals surface area contributed by atoms with Crippen molar-refractivity contribution in [1.29, 1.82) is 0 Å². The van der Waals surface area contributed by atoms with Gasteiger partial charge in [-0.15, -0.1) is 0 Å². The highest BCUT2D eigenvalue weighted by molar-refractivity contribution is 6.30. The molecule has 1 saturated carbocycles. The van der Waals surface area contributed by atoms with Gasteiger partial charge in [-0.2, -0.15) is 18.3 Å². The zero-order valence-corrected chi connectivity index (χ0v) is 22.6. The van der Waals surface area contributed by atoms with Gasteiger partial charge in [0.2, 0.25) is 0 Å². The van der Waals surface area contributed by atoms with Gasteiger partial charge in [0.25, 0.3) is 5.91 Å². The van der Waals surface area contributed by atoms with E-state index >= 15 is 0 Å². The monoisotopic (exact) mass is 561 g/mol. The first-order valence-electron chi connectivity index (χ1n) is 12.9. The van der Waals surface area contributed by atoms with E-state index in [1.165, 1.54) is 4.90 Å². The molecule has 0 unspecified atom stereocenters. The smallest absolute Gasteiger partial charge is 0.433 e. The average Bonchev–Trinajstić information content (AvgIpc) is 3.34. The van der Waals surface area contributed by atoms with E-state index in [0.29, 0.717) is 11.4 Å². The number of carboxylic acid groups (broad SMARTS) is 1. The number of hydrogen-bond acceptors (Lipinski definition) is 3. The fraction of sp³-hybridized carbons (Fsp3) is 0.414.